The molecule has 186 valence electrons. The summed E-state index contributed by atoms with van der Waals surface area (Å²) < 4.78 is 33.3. The maximum absolute atomic E-state index is 13.6. The fraction of sp³-hybridized carbons (Fsp3) is 0.259. The van der Waals surface area contributed by atoms with E-state index in [1.54, 1.807) is 19.2 Å². The topological polar surface area (TPSA) is 103 Å². The highest BCUT2D eigenvalue weighted by Gasteiger charge is 2.35. The first-order valence-electron chi connectivity index (χ1n) is 11.6. The van der Waals surface area contributed by atoms with Gasteiger partial charge in [0.1, 0.15) is 17.9 Å². The first-order chi connectivity index (χ1) is 17.3. The number of carbonyl (C=O) groups is 1. The summed E-state index contributed by atoms with van der Waals surface area (Å²) in [6.45, 7) is 3.05. The van der Waals surface area contributed by atoms with Crippen LogP contribution in [0.2, 0.25) is 0 Å². The van der Waals surface area contributed by atoms with Gasteiger partial charge in [0.15, 0.2) is 0 Å². The molecule has 3 aromatic carbocycles. The van der Waals surface area contributed by atoms with Gasteiger partial charge in [-0.1, -0.05) is 48.5 Å². The van der Waals surface area contributed by atoms with E-state index in [1.807, 2.05) is 66.4 Å². The van der Waals surface area contributed by atoms with Crippen LogP contribution in [0.4, 0.5) is 5.69 Å². The number of hydrogen-bond acceptors (Lipinski definition) is 6. The third-order valence-corrected chi connectivity index (χ3v) is 8.20. The van der Waals surface area contributed by atoms with Crippen molar-refractivity contribution in [3.8, 4) is 11.8 Å². The standard InChI is InChI=1S/C27H28N4O4S/c1-20-12-13-24(35-2)23(18-20)29-27(32)26(21-8-4-3-5-9-21)30-14-16-31(17-15-30)36(33,34)25-11-7-6-10-22(25)19-28/h3-13,18,26H,14-17H2,1-2H3,(H,29,32)/t26-/m1/s1. The van der Waals surface area contributed by atoms with Crippen LogP contribution in [0.5, 0.6) is 5.75 Å². The molecule has 1 aliphatic rings. The number of nitrogens with one attached hydrogen (secondary N) is 1. The van der Waals surface area contributed by atoms with E-state index < -0.39 is 16.1 Å². The third-order valence-electron chi connectivity index (χ3n) is 6.24. The predicted molar refractivity (Wildman–Crippen MR) is 137 cm³/mol. The minimum atomic E-state index is -3.83. The average Bonchev–Trinajstić information content (AvgIpc) is 2.90. The molecule has 0 aliphatic carbocycles. The summed E-state index contributed by atoms with van der Waals surface area (Å²) >= 11 is 0. The molecule has 3 aromatic rings. The van der Waals surface area contributed by atoms with E-state index in [4.69, 9.17) is 4.74 Å². The number of hydrogen-bond donors (Lipinski definition) is 1. The summed E-state index contributed by atoms with van der Waals surface area (Å²) in [4.78, 5) is 15.6. The molecule has 1 heterocycles. The van der Waals surface area contributed by atoms with Gasteiger partial charge >= 0.3 is 0 Å². The fourth-order valence-electron chi connectivity index (χ4n) is 4.41. The molecule has 1 saturated heterocycles. The first-order valence-corrected chi connectivity index (χ1v) is 13.0. The van der Waals surface area contributed by atoms with E-state index in [2.05, 4.69) is 5.32 Å². The maximum Gasteiger partial charge on any atom is 0.246 e. The summed E-state index contributed by atoms with van der Waals surface area (Å²) in [5.41, 5.74) is 2.50. The van der Waals surface area contributed by atoms with Crippen molar-refractivity contribution in [3.05, 3.63) is 89.5 Å². The Labute approximate surface area is 211 Å². The van der Waals surface area contributed by atoms with Crippen molar-refractivity contribution in [1.82, 2.24) is 9.21 Å². The number of sulfonamides is 1. The SMILES string of the molecule is COc1ccc(C)cc1NC(=O)[C@@H](c1ccccc1)N1CCN(S(=O)(=O)c2ccccc2C#N)CC1. The van der Waals surface area contributed by atoms with Gasteiger partial charge in [0.2, 0.25) is 15.9 Å². The van der Waals surface area contributed by atoms with Crippen molar-refractivity contribution in [2.75, 3.05) is 38.6 Å². The molecule has 0 radical (unpaired) electrons. The summed E-state index contributed by atoms with van der Waals surface area (Å²) in [6, 6.07) is 22.6. The average molecular weight is 505 g/mol. The van der Waals surface area contributed by atoms with Crippen LogP contribution in [-0.2, 0) is 14.8 Å². The molecule has 1 atom stereocenters. The summed E-state index contributed by atoms with van der Waals surface area (Å²) in [6.07, 6.45) is 0. The molecular formula is C27H28N4O4S. The Balaban J connectivity index is 1.57. The first kappa shape index (κ1) is 25.4. The van der Waals surface area contributed by atoms with E-state index in [9.17, 15) is 18.5 Å². The van der Waals surface area contributed by atoms with Crippen molar-refractivity contribution in [2.24, 2.45) is 0 Å². The second-order valence-corrected chi connectivity index (χ2v) is 10.5. The normalized spacial score (nSPS) is 15.6. The molecule has 4 rings (SSSR count). The number of amides is 1. The van der Waals surface area contributed by atoms with Crippen molar-refractivity contribution in [3.63, 3.8) is 0 Å². The van der Waals surface area contributed by atoms with Gasteiger partial charge in [0, 0.05) is 26.2 Å². The van der Waals surface area contributed by atoms with Crippen molar-refractivity contribution in [1.29, 1.82) is 5.26 Å². The number of ether oxygens (including phenoxy) is 1. The van der Waals surface area contributed by atoms with Crippen LogP contribution in [0.3, 0.4) is 0 Å². The van der Waals surface area contributed by atoms with Gasteiger partial charge in [0.05, 0.1) is 23.3 Å². The van der Waals surface area contributed by atoms with Gasteiger partial charge in [-0.25, -0.2) is 8.42 Å². The minimum Gasteiger partial charge on any atom is -0.495 e. The number of nitriles is 1. The largest absolute Gasteiger partial charge is 0.495 e. The zero-order valence-corrected chi connectivity index (χ0v) is 21.0. The lowest BCUT2D eigenvalue weighted by molar-refractivity contribution is -0.122. The van der Waals surface area contributed by atoms with Crippen molar-refractivity contribution >= 4 is 21.6 Å². The number of carbonyl (C=O) groups excluding carboxylic acids is 1. The fourth-order valence-corrected chi connectivity index (χ4v) is 5.97. The van der Waals surface area contributed by atoms with Crippen LogP contribution in [0.25, 0.3) is 0 Å². The van der Waals surface area contributed by atoms with Crippen LogP contribution in [0.15, 0.2) is 77.7 Å². The highest BCUT2D eigenvalue weighted by Crippen LogP contribution is 2.30. The number of methoxy groups -OCH3 is 1. The van der Waals surface area contributed by atoms with E-state index >= 15 is 0 Å². The van der Waals surface area contributed by atoms with Gasteiger partial charge in [-0.15, -0.1) is 0 Å². The maximum atomic E-state index is 13.6. The molecule has 0 bridgehead atoms. The lowest BCUT2D eigenvalue weighted by Gasteiger charge is -2.38. The summed E-state index contributed by atoms with van der Waals surface area (Å²) in [7, 11) is -2.28. The molecule has 9 heteroatoms. The number of rotatable bonds is 7. The predicted octanol–water partition coefficient (Wildman–Crippen LogP) is 3.56. The Morgan fingerprint density at radius 2 is 1.67 bits per heavy atom. The highest BCUT2D eigenvalue weighted by molar-refractivity contribution is 7.89. The minimum absolute atomic E-state index is 0.00449. The molecule has 0 spiro atoms. The van der Waals surface area contributed by atoms with E-state index in [0.717, 1.165) is 11.1 Å². The third kappa shape index (κ3) is 5.26. The number of piperazine rings is 1. The number of aryl methyl sites for hydroxylation is 1. The monoisotopic (exact) mass is 504 g/mol. The smallest absolute Gasteiger partial charge is 0.246 e. The lowest BCUT2D eigenvalue weighted by atomic mass is 10.0. The van der Waals surface area contributed by atoms with Crippen LogP contribution < -0.4 is 10.1 Å². The molecular weight excluding hydrogens is 476 g/mol. The molecule has 1 amide bonds. The molecule has 0 aromatic heterocycles. The van der Waals surface area contributed by atoms with Crippen molar-refractivity contribution < 1.29 is 17.9 Å². The quantitative estimate of drug-likeness (QED) is 0.528. The Kier molecular flexibility index (Phi) is 7.70. The Bertz CT molecular complexity index is 1380. The van der Waals surface area contributed by atoms with Gasteiger partial charge in [0.25, 0.3) is 0 Å². The van der Waals surface area contributed by atoms with Gasteiger partial charge in [-0.3, -0.25) is 9.69 Å². The molecule has 0 unspecified atom stereocenters. The molecule has 8 nitrogen and oxygen atoms in total. The zero-order valence-electron chi connectivity index (χ0n) is 20.2. The van der Waals surface area contributed by atoms with Gasteiger partial charge in [-0.05, 0) is 42.3 Å². The van der Waals surface area contributed by atoms with E-state index in [-0.39, 0.29) is 29.5 Å². The lowest BCUT2D eigenvalue weighted by Crippen LogP contribution is -2.51. The summed E-state index contributed by atoms with van der Waals surface area (Å²) in [5.74, 6) is 0.337. The van der Waals surface area contributed by atoms with Crippen LogP contribution in [0, 0.1) is 18.3 Å². The zero-order chi connectivity index (χ0) is 25.7. The Hall–Kier alpha value is -3.71. The van der Waals surface area contributed by atoms with Crippen molar-refractivity contribution in [2.45, 2.75) is 17.9 Å². The molecule has 1 N–H and O–H groups in total. The summed E-state index contributed by atoms with van der Waals surface area (Å²) in [5, 5.41) is 12.4. The van der Waals surface area contributed by atoms with Crippen LogP contribution in [0.1, 0.15) is 22.7 Å². The second kappa shape index (κ2) is 10.9. The van der Waals surface area contributed by atoms with Crippen LogP contribution in [-0.4, -0.2) is 56.8 Å². The second-order valence-electron chi connectivity index (χ2n) is 8.55. The van der Waals surface area contributed by atoms with Gasteiger partial charge in [-0.2, -0.15) is 9.57 Å². The van der Waals surface area contributed by atoms with E-state index in [1.165, 1.54) is 16.4 Å². The highest BCUT2D eigenvalue weighted by atomic mass is 32.2. The van der Waals surface area contributed by atoms with E-state index in [0.29, 0.717) is 24.5 Å². The Morgan fingerprint density at radius 3 is 2.33 bits per heavy atom. The molecule has 1 fully saturated rings. The number of benzene rings is 3. The molecule has 0 saturated carbocycles. The number of nitrogens with zero attached hydrogens (tertiary/aromatic N) is 3. The van der Waals surface area contributed by atoms with Crippen LogP contribution >= 0.6 is 0 Å². The molecule has 36 heavy (non-hydrogen) atoms. The Morgan fingerprint density at radius 1 is 1.00 bits per heavy atom. The number of anilines is 1. The van der Waals surface area contributed by atoms with Gasteiger partial charge < -0.3 is 10.1 Å². The molecule has 1 aliphatic heterocycles.